The van der Waals surface area contributed by atoms with Gasteiger partial charge in [0, 0.05) is 28.2 Å². The summed E-state index contributed by atoms with van der Waals surface area (Å²) in [6.45, 7) is 27.1. The number of hydrogen-bond donors (Lipinski definition) is 5. The molecule has 1 heterocycles. The molecule has 5 N–H and O–H groups in total. The van der Waals surface area contributed by atoms with E-state index in [0.29, 0.717) is 6.42 Å². The molecule has 18 heteroatoms. The van der Waals surface area contributed by atoms with Gasteiger partial charge < -0.3 is 46.2 Å². The predicted octanol–water partition coefficient (Wildman–Crippen LogP) is 3.07. The van der Waals surface area contributed by atoms with Crippen LogP contribution in [0.5, 0.6) is 0 Å². The summed E-state index contributed by atoms with van der Waals surface area (Å²) in [5.41, 5.74) is 0. The highest BCUT2D eigenvalue weighted by Crippen LogP contribution is 2.22. The zero-order valence-corrected chi connectivity index (χ0v) is 44.4. The molecule has 0 bridgehead atoms. The van der Waals surface area contributed by atoms with Crippen molar-refractivity contribution in [3.8, 4) is 0 Å². The normalized spacial score (nSPS) is 27.7. The Morgan fingerprint density at radius 2 is 0.657 bits per heavy atom. The van der Waals surface area contributed by atoms with Crippen LogP contribution < -0.4 is 26.6 Å². The Balaban J connectivity index is 4.07. The van der Waals surface area contributed by atoms with E-state index in [1.165, 1.54) is 68.6 Å². The molecule has 0 radical (unpaired) electrons. The maximum atomic E-state index is 14.6. The van der Waals surface area contributed by atoms with Crippen LogP contribution in [0.2, 0.25) is 0 Å². The highest BCUT2D eigenvalue weighted by molar-refractivity contribution is 5.99. The van der Waals surface area contributed by atoms with Gasteiger partial charge in [-0.05, 0) is 88.4 Å². The van der Waals surface area contributed by atoms with E-state index >= 15 is 0 Å². The van der Waals surface area contributed by atoms with Crippen LogP contribution in [0.1, 0.15) is 142 Å². The summed E-state index contributed by atoms with van der Waals surface area (Å²) in [6.07, 6.45) is 1.57. The number of likely N-dealkylation sites (N-methyl/N-ethyl adjacent to an activating group) is 4. The smallest absolute Gasteiger partial charge is 0.246 e. The van der Waals surface area contributed by atoms with Gasteiger partial charge in [0.1, 0.15) is 54.4 Å². The van der Waals surface area contributed by atoms with Crippen LogP contribution in [0.4, 0.5) is 0 Å². The molecular weight excluding hydrogens is 859 g/mol. The van der Waals surface area contributed by atoms with Gasteiger partial charge in [-0.2, -0.15) is 0 Å². The van der Waals surface area contributed by atoms with E-state index < -0.39 is 108 Å². The van der Waals surface area contributed by atoms with E-state index in [2.05, 4.69) is 26.6 Å². The zero-order valence-electron chi connectivity index (χ0n) is 44.4. The summed E-state index contributed by atoms with van der Waals surface area (Å²) >= 11 is 0. The Kier molecular flexibility index (Phi) is 24.5. The van der Waals surface area contributed by atoms with E-state index in [1.807, 2.05) is 83.1 Å². The minimum atomic E-state index is -1.15. The SMILES string of the molecule is CC[C@H](C)[C@H]1C(=O)N(C)[C@@H](CC(C)C)C(=O)N[C@@H](C)C(=O)N[C@@H](CC(C)C)C(=O)N(C)[C@@H](CC(C)C)C(=O)N[C@@H](C)C(=O)N[C@@H](CC(C)C)C(=O)N(C)[C@@H](CC(C)C)C(=O)N[C@@H](C)C(=O)N1C. The largest absolute Gasteiger partial charge is 0.343 e. The zero-order chi connectivity index (χ0) is 51.9. The Bertz CT molecular complexity index is 1720. The second kappa shape index (κ2) is 27.3. The molecule has 1 rings (SSSR count). The molecule has 9 amide bonds. The minimum absolute atomic E-state index is 0.0709. The van der Waals surface area contributed by atoms with Crippen LogP contribution in [0.3, 0.4) is 0 Å². The molecule has 0 aromatic heterocycles. The molecule has 0 aromatic rings. The highest BCUT2D eigenvalue weighted by Gasteiger charge is 2.41. The minimum Gasteiger partial charge on any atom is -0.343 e. The van der Waals surface area contributed by atoms with Crippen LogP contribution in [0.15, 0.2) is 0 Å². The summed E-state index contributed by atoms with van der Waals surface area (Å²) in [4.78, 5) is 133. The summed E-state index contributed by atoms with van der Waals surface area (Å²) in [6, 6.07) is -9.84. The van der Waals surface area contributed by atoms with Crippen LogP contribution in [0, 0.1) is 35.5 Å². The van der Waals surface area contributed by atoms with Crippen molar-refractivity contribution in [2.75, 3.05) is 28.2 Å². The maximum Gasteiger partial charge on any atom is 0.246 e. The number of carbonyl (C=O) groups is 9. The lowest BCUT2D eigenvalue weighted by Crippen LogP contribution is -2.61. The first kappa shape index (κ1) is 60.2. The standard InChI is InChI=1S/C49H89N9O9/c1-20-31(12)40-49(67)57(18)39(25-30(10)11)44(62)51-33(14)42(60)53-35(21-26(2)3)47(65)55(16)37(23-28(6)7)43(61)50-32(13)41(59)54-36(22-27(4)5)48(66)56(17)38(24-29(8)9)45(63)52-34(15)46(64)58(40)19/h26-40H,20-25H2,1-19H3,(H,50,61)(H,51,62)(H,52,63)(H,53,60)(H,54,59)/t31-,32-,33-,34-,35-,36-,37-,38-,39-,40-/m0/s1. The van der Waals surface area contributed by atoms with Crippen molar-refractivity contribution in [1.82, 2.24) is 46.2 Å². The molecule has 0 aliphatic carbocycles. The summed E-state index contributed by atoms with van der Waals surface area (Å²) in [7, 11) is 5.92. The van der Waals surface area contributed by atoms with Crippen LogP contribution >= 0.6 is 0 Å². The molecule has 0 unspecified atom stereocenters. The van der Waals surface area contributed by atoms with Crippen molar-refractivity contribution in [3.63, 3.8) is 0 Å². The van der Waals surface area contributed by atoms with E-state index in [-0.39, 0.29) is 67.6 Å². The van der Waals surface area contributed by atoms with E-state index in [9.17, 15) is 43.2 Å². The summed E-state index contributed by atoms with van der Waals surface area (Å²) < 4.78 is 0. The quantitative estimate of drug-likeness (QED) is 0.194. The Hall–Kier alpha value is -4.77. The summed E-state index contributed by atoms with van der Waals surface area (Å²) in [5, 5.41) is 13.9. The topological polar surface area (TPSA) is 227 Å². The first-order chi connectivity index (χ1) is 30.9. The fourth-order valence-electron chi connectivity index (χ4n) is 8.38. The molecule has 67 heavy (non-hydrogen) atoms. The van der Waals surface area contributed by atoms with E-state index in [4.69, 9.17) is 0 Å². The fraction of sp³-hybridized carbons (Fsp3) is 0.816. The van der Waals surface area contributed by atoms with Crippen molar-refractivity contribution in [3.05, 3.63) is 0 Å². The fourth-order valence-corrected chi connectivity index (χ4v) is 8.38. The third-order valence-corrected chi connectivity index (χ3v) is 12.5. The summed E-state index contributed by atoms with van der Waals surface area (Å²) in [5.74, 6) is -6.07. The van der Waals surface area contributed by atoms with Gasteiger partial charge in [0.15, 0.2) is 0 Å². The lowest BCUT2D eigenvalue weighted by molar-refractivity contribution is -0.151. The van der Waals surface area contributed by atoms with Crippen molar-refractivity contribution in [1.29, 1.82) is 0 Å². The van der Waals surface area contributed by atoms with Crippen molar-refractivity contribution in [2.24, 2.45) is 35.5 Å². The second-order valence-electron chi connectivity index (χ2n) is 21.1. The van der Waals surface area contributed by atoms with Crippen molar-refractivity contribution in [2.45, 2.75) is 197 Å². The van der Waals surface area contributed by atoms with Gasteiger partial charge in [0.2, 0.25) is 53.2 Å². The molecule has 10 atom stereocenters. The van der Waals surface area contributed by atoms with E-state index in [0.717, 1.165) is 0 Å². The number of rotatable bonds is 12. The van der Waals surface area contributed by atoms with Gasteiger partial charge in [0.25, 0.3) is 0 Å². The number of carbonyl (C=O) groups excluding carboxylic acids is 9. The van der Waals surface area contributed by atoms with E-state index in [1.54, 1.807) is 0 Å². The molecule has 0 saturated carbocycles. The molecule has 1 aliphatic rings. The molecule has 1 fully saturated rings. The van der Waals surface area contributed by atoms with Gasteiger partial charge in [-0.15, -0.1) is 0 Å². The third kappa shape index (κ3) is 18.0. The lowest BCUT2D eigenvalue weighted by Gasteiger charge is -2.38. The number of hydrogen-bond acceptors (Lipinski definition) is 9. The van der Waals surface area contributed by atoms with Gasteiger partial charge in [0.05, 0.1) is 0 Å². The monoisotopic (exact) mass is 948 g/mol. The second-order valence-corrected chi connectivity index (χ2v) is 21.1. The molecule has 0 aromatic carbocycles. The molecular formula is C49H89N9O9. The number of amides is 9. The van der Waals surface area contributed by atoms with Gasteiger partial charge in [-0.1, -0.05) is 89.5 Å². The number of nitrogens with one attached hydrogen (secondary N) is 5. The first-order valence-corrected chi connectivity index (χ1v) is 24.5. The predicted molar refractivity (Wildman–Crippen MR) is 260 cm³/mol. The molecule has 0 spiro atoms. The molecule has 384 valence electrons. The maximum absolute atomic E-state index is 14.6. The molecule has 18 nitrogen and oxygen atoms in total. The average Bonchev–Trinajstić information content (AvgIpc) is 3.22. The van der Waals surface area contributed by atoms with Crippen molar-refractivity contribution >= 4 is 53.2 Å². The Morgan fingerprint density at radius 3 is 0.940 bits per heavy atom. The third-order valence-electron chi connectivity index (χ3n) is 12.5. The highest BCUT2D eigenvalue weighted by atomic mass is 16.2. The van der Waals surface area contributed by atoms with Gasteiger partial charge in [-0.25, -0.2) is 0 Å². The van der Waals surface area contributed by atoms with Crippen LogP contribution in [-0.2, 0) is 43.2 Å². The van der Waals surface area contributed by atoms with Crippen molar-refractivity contribution < 1.29 is 43.2 Å². The Morgan fingerprint density at radius 1 is 0.373 bits per heavy atom. The lowest BCUT2D eigenvalue weighted by atomic mass is 9.94. The Labute approximate surface area is 401 Å². The average molecular weight is 948 g/mol. The van der Waals surface area contributed by atoms with Crippen LogP contribution in [0.25, 0.3) is 0 Å². The van der Waals surface area contributed by atoms with Gasteiger partial charge >= 0.3 is 0 Å². The molecule has 1 aliphatic heterocycles. The van der Waals surface area contributed by atoms with Crippen LogP contribution in [-0.4, -0.2) is 155 Å². The number of nitrogens with zero attached hydrogens (tertiary/aromatic N) is 4. The van der Waals surface area contributed by atoms with Gasteiger partial charge in [-0.3, -0.25) is 43.2 Å². The molecule has 1 saturated heterocycles. The first-order valence-electron chi connectivity index (χ1n) is 24.5.